The van der Waals surface area contributed by atoms with Crippen LogP contribution in [0.25, 0.3) is 0 Å². The smallest absolute Gasteiger partial charge is 0.123 e. The maximum Gasteiger partial charge on any atom is 0.123 e. The average molecular weight is 289 g/mol. The van der Waals surface area contributed by atoms with Crippen molar-refractivity contribution in [2.45, 2.75) is 71.4 Å². The molecule has 1 aromatic carbocycles. The lowest BCUT2D eigenvalue weighted by Crippen LogP contribution is -2.35. The van der Waals surface area contributed by atoms with Gasteiger partial charge in [0.1, 0.15) is 5.75 Å². The first kappa shape index (κ1) is 16.4. The van der Waals surface area contributed by atoms with E-state index in [1.807, 2.05) is 0 Å². The van der Waals surface area contributed by atoms with E-state index < -0.39 is 0 Å². The van der Waals surface area contributed by atoms with Gasteiger partial charge >= 0.3 is 0 Å². The second-order valence-corrected chi connectivity index (χ2v) is 6.64. The van der Waals surface area contributed by atoms with Gasteiger partial charge in [-0.2, -0.15) is 0 Å². The molecule has 0 bridgehead atoms. The van der Waals surface area contributed by atoms with Gasteiger partial charge in [0.25, 0.3) is 0 Å². The van der Waals surface area contributed by atoms with Crippen molar-refractivity contribution in [3.05, 3.63) is 29.3 Å². The number of benzene rings is 1. The minimum atomic E-state index is 0.354. The number of hydrogen-bond acceptors (Lipinski definition) is 2. The molecule has 0 saturated heterocycles. The van der Waals surface area contributed by atoms with Gasteiger partial charge in [0.05, 0.1) is 7.11 Å². The minimum Gasteiger partial charge on any atom is -0.496 e. The molecule has 1 saturated carbocycles. The van der Waals surface area contributed by atoms with Crippen molar-refractivity contribution in [3.63, 3.8) is 0 Å². The van der Waals surface area contributed by atoms with Crippen molar-refractivity contribution in [1.29, 1.82) is 0 Å². The van der Waals surface area contributed by atoms with Crippen LogP contribution in [-0.4, -0.2) is 13.2 Å². The Labute approximate surface area is 130 Å². The quantitative estimate of drug-likeness (QED) is 0.794. The number of ether oxygens (including phenoxy) is 1. The van der Waals surface area contributed by atoms with Crippen molar-refractivity contribution in [1.82, 2.24) is 5.32 Å². The molecule has 1 aromatic rings. The van der Waals surface area contributed by atoms with E-state index in [1.54, 1.807) is 7.11 Å². The minimum absolute atomic E-state index is 0.354. The van der Waals surface area contributed by atoms with E-state index in [9.17, 15) is 0 Å². The first-order valence-electron chi connectivity index (χ1n) is 8.54. The molecule has 2 nitrogen and oxygen atoms in total. The van der Waals surface area contributed by atoms with Crippen molar-refractivity contribution < 1.29 is 4.74 Å². The summed E-state index contributed by atoms with van der Waals surface area (Å²) in [5.41, 5.74) is 2.58. The molecule has 2 rings (SSSR count). The zero-order chi connectivity index (χ0) is 15.2. The fourth-order valence-corrected chi connectivity index (χ4v) is 3.66. The van der Waals surface area contributed by atoms with Gasteiger partial charge in [0.15, 0.2) is 0 Å². The second kappa shape index (κ2) is 7.84. The van der Waals surface area contributed by atoms with Crippen LogP contribution in [0.2, 0.25) is 0 Å². The molecule has 1 unspecified atom stereocenters. The van der Waals surface area contributed by atoms with Crippen LogP contribution < -0.4 is 10.1 Å². The number of hydrogen-bond donors (Lipinski definition) is 1. The summed E-state index contributed by atoms with van der Waals surface area (Å²) in [7, 11) is 1.76. The summed E-state index contributed by atoms with van der Waals surface area (Å²) in [5.74, 6) is 1.97. The highest BCUT2D eigenvalue weighted by Crippen LogP contribution is 2.31. The molecule has 21 heavy (non-hydrogen) atoms. The van der Waals surface area contributed by atoms with Crippen molar-refractivity contribution in [2.75, 3.05) is 7.11 Å². The average Bonchev–Trinajstić information content (AvgIpc) is 2.49. The van der Waals surface area contributed by atoms with Crippen LogP contribution in [0.15, 0.2) is 18.2 Å². The SMILES string of the molecule is CCCC1CCC(NC(C)c2cc(C)ccc2OC)CC1. The van der Waals surface area contributed by atoms with Crippen LogP contribution in [0.5, 0.6) is 5.75 Å². The highest BCUT2D eigenvalue weighted by Gasteiger charge is 2.22. The van der Waals surface area contributed by atoms with E-state index in [-0.39, 0.29) is 0 Å². The maximum absolute atomic E-state index is 5.52. The Morgan fingerprint density at radius 3 is 2.57 bits per heavy atom. The highest BCUT2D eigenvalue weighted by molar-refractivity contribution is 5.38. The van der Waals surface area contributed by atoms with Gasteiger partial charge in [-0.15, -0.1) is 0 Å². The lowest BCUT2D eigenvalue weighted by atomic mass is 9.83. The molecule has 0 heterocycles. The molecule has 0 amide bonds. The Kier molecular flexibility index (Phi) is 6.10. The molecular weight excluding hydrogens is 258 g/mol. The molecule has 0 aromatic heterocycles. The van der Waals surface area contributed by atoms with E-state index in [1.165, 1.54) is 49.7 Å². The molecule has 0 aliphatic heterocycles. The Morgan fingerprint density at radius 1 is 1.24 bits per heavy atom. The van der Waals surface area contributed by atoms with Gasteiger partial charge in [-0.3, -0.25) is 0 Å². The van der Waals surface area contributed by atoms with E-state index in [0.29, 0.717) is 12.1 Å². The standard InChI is InChI=1S/C19H31NO/c1-5-6-16-8-10-17(11-9-16)20-15(3)18-13-14(2)7-12-19(18)21-4/h7,12-13,15-17,20H,5-6,8-11H2,1-4H3. The van der Waals surface area contributed by atoms with Gasteiger partial charge in [-0.25, -0.2) is 0 Å². The monoisotopic (exact) mass is 289 g/mol. The van der Waals surface area contributed by atoms with Gasteiger partial charge < -0.3 is 10.1 Å². The maximum atomic E-state index is 5.52. The van der Waals surface area contributed by atoms with Gasteiger partial charge in [-0.1, -0.05) is 37.5 Å². The first-order valence-corrected chi connectivity index (χ1v) is 8.54. The Bertz CT molecular complexity index is 435. The van der Waals surface area contributed by atoms with E-state index in [4.69, 9.17) is 4.74 Å². The largest absolute Gasteiger partial charge is 0.496 e. The molecule has 2 heteroatoms. The predicted octanol–water partition coefficient (Wildman–Crippen LogP) is 5.01. The Balaban J connectivity index is 1.93. The van der Waals surface area contributed by atoms with Crippen LogP contribution in [0.1, 0.15) is 69.5 Å². The fraction of sp³-hybridized carbons (Fsp3) is 0.684. The normalized spacial score (nSPS) is 23.8. The van der Waals surface area contributed by atoms with Gasteiger partial charge in [-0.05, 0) is 51.5 Å². The van der Waals surface area contributed by atoms with Crippen molar-refractivity contribution in [2.24, 2.45) is 5.92 Å². The van der Waals surface area contributed by atoms with Gasteiger partial charge in [0.2, 0.25) is 0 Å². The third-order valence-electron chi connectivity index (χ3n) is 4.88. The molecular formula is C19H31NO. The summed E-state index contributed by atoms with van der Waals surface area (Å²) in [5, 5.41) is 3.82. The number of nitrogens with one attached hydrogen (secondary N) is 1. The zero-order valence-corrected chi connectivity index (χ0v) is 14.1. The summed E-state index contributed by atoms with van der Waals surface area (Å²) in [4.78, 5) is 0. The fourth-order valence-electron chi connectivity index (χ4n) is 3.66. The van der Waals surface area contributed by atoms with Gasteiger partial charge in [0, 0.05) is 17.6 Å². The molecule has 1 aliphatic carbocycles. The number of rotatable bonds is 6. The summed E-state index contributed by atoms with van der Waals surface area (Å²) in [6, 6.07) is 7.47. The summed E-state index contributed by atoms with van der Waals surface area (Å²) in [6.45, 7) is 6.71. The highest BCUT2D eigenvalue weighted by atomic mass is 16.5. The lowest BCUT2D eigenvalue weighted by molar-refractivity contribution is 0.265. The topological polar surface area (TPSA) is 21.3 Å². The van der Waals surface area contributed by atoms with Crippen LogP contribution in [-0.2, 0) is 0 Å². The number of aryl methyl sites for hydroxylation is 1. The summed E-state index contributed by atoms with van der Waals surface area (Å²) < 4.78 is 5.52. The zero-order valence-electron chi connectivity index (χ0n) is 14.1. The van der Waals surface area contributed by atoms with E-state index in [0.717, 1.165) is 11.7 Å². The molecule has 118 valence electrons. The number of methoxy groups -OCH3 is 1. The third-order valence-corrected chi connectivity index (χ3v) is 4.88. The molecule has 1 fully saturated rings. The molecule has 0 radical (unpaired) electrons. The van der Waals surface area contributed by atoms with Crippen LogP contribution in [0.3, 0.4) is 0 Å². The molecule has 1 aliphatic rings. The van der Waals surface area contributed by atoms with E-state index >= 15 is 0 Å². The van der Waals surface area contributed by atoms with Crippen LogP contribution >= 0.6 is 0 Å². The van der Waals surface area contributed by atoms with E-state index in [2.05, 4.69) is 44.3 Å². The summed E-state index contributed by atoms with van der Waals surface area (Å²) >= 11 is 0. The second-order valence-electron chi connectivity index (χ2n) is 6.64. The Hall–Kier alpha value is -1.02. The Morgan fingerprint density at radius 2 is 1.95 bits per heavy atom. The lowest BCUT2D eigenvalue weighted by Gasteiger charge is -2.31. The molecule has 0 spiro atoms. The van der Waals surface area contributed by atoms with Crippen molar-refractivity contribution >= 4 is 0 Å². The first-order chi connectivity index (χ1) is 10.1. The third kappa shape index (κ3) is 4.47. The predicted molar refractivity (Wildman–Crippen MR) is 89.9 cm³/mol. The molecule has 1 N–H and O–H groups in total. The molecule has 1 atom stereocenters. The van der Waals surface area contributed by atoms with Crippen molar-refractivity contribution in [3.8, 4) is 5.75 Å². The van der Waals surface area contributed by atoms with Crippen LogP contribution in [0, 0.1) is 12.8 Å². The van der Waals surface area contributed by atoms with Crippen LogP contribution in [0.4, 0.5) is 0 Å². The summed E-state index contributed by atoms with van der Waals surface area (Å²) in [6.07, 6.45) is 8.17.